The minimum absolute atomic E-state index is 0.0684. The van der Waals surface area contributed by atoms with E-state index >= 15 is 0 Å². The van der Waals surface area contributed by atoms with Crippen molar-refractivity contribution in [2.45, 2.75) is 77.4 Å². The molecule has 4 aliphatic rings. The predicted octanol–water partition coefficient (Wildman–Crippen LogP) is 5.61. The lowest BCUT2D eigenvalue weighted by Crippen LogP contribution is -2.43. The van der Waals surface area contributed by atoms with E-state index in [2.05, 4.69) is 38.1 Å². The third kappa shape index (κ3) is 3.35. The molecule has 29 heavy (non-hydrogen) atoms. The van der Waals surface area contributed by atoms with Crippen LogP contribution in [0.4, 0.5) is 0 Å². The van der Waals surface area contributed by atoms with Crippen LogP contribution >= 0.6 is 0 Å². The molecule has 3 aliphatic carbocycles. The van der Waals surface area contributed by atoms with E-state index in [-0.39, 0.29) is 12.9 Å². The van der Waals surface area contributed by atoms with Gasteiger partial charge in [-0.1, -0.05) is 31.6 Å². The molecule has 0 amide bonds. The van der Waals surface area contributed by atoms with Crippen molar-refractivity contribution in [3.05, 3.63) is 41.0 Å². The molecule has 1 aromatic carbocycles. The molecule has 6 atom stereocenters. The Kier molecular flexibility index (Phi) is 5.24. The highest BCUT2D eigenvalue weighted by Crippen LogP contribution is 2.63. The maximum atomic E-state index is 9.49. The first kappa shape index (κ1) is 19.6. The topological polar surface area (TPSA) is 38.7 Å². The summed E-state index contributed by atoms with van der Waals surface area (Å²) >= 11 is 0. The minimum Gasteiger partial charge on any atom is -0.465 e. The van der Waals surface area contributed by atoms with Gasteiger partial charge in [-0.25, -0.2) is 0 Å². The summed E-state index contributed by atoms with van der Waals surface area (Å²) in [5, 5.41) is 9.49. The van der Waals surface area contributed by atoms with Crippen LogP contribution < -0.4 is 4.74 Å². The normalized spacial score (nSPS) is 40.2. The molecule has 1 aromatic rings. The summed E-state index contributed by atoms with van der Waals surface area (Å²) in [5.74, 6) is 3.89. The molecular formula is C26H36O3. The zero-order valence-corrected chi connectivity index (χ0v) is 18.0. The standard InChI is InChI=1S/C26H36O3/c1-17-15-18-16-20(29-24-5-3-4-14-28-24)7-8-21(18)22-10-12-26(2)19(11-13-27)6-9-23(26)25(17)22/h7-8,11,16-17,22-25,27H,3-6,9-10,12-15H2,1-2H3/b19-11+/t17-,22-,23+,24?,25-,26-/m1/s1. The summed E-state index contributed by atoms with van der Waals surface area (Å²) in [7, 11) is 0. The van der Waals surface area contributed by atoms with Gasteiger partial charge >= 0.3 is 0 Å². The SMILES string of the molecule is C[C@@H]1Cc2cc(OC3CCCCO3)ccc2[C@H]2CC[C@]3(C)/C(=C/CO)CC[C@H]3[C@H]12. The van der Waals surface area contributed by atoms with Crippen LogP contribution in [0.1, 0.15) is 75.8 Å². The molecule has 3 nitrogen and oxygen atoms in total. The van der Waals surface area contributed by atoms with Crippen LogP contribution in [0.3, 0.4) is 0 Å². The van der Waals surface area contributed by atoms with E-state index in [9.17, 15) is 5.11 Å². The first-order chi connectivity index (χ1) is 14.1. The van der Waals surface area contributed by atoms with Crippen LogP contribution in [0.2, 0.25) is 0 Å². The Bertz CT molecular complexity index is 778. The molecule has 158 valence electrons. The van der Waals surface area contributed by atoms with Crippen LogP contribution in [0, 0.1) is 23.2 Å². The Morgan fingerprint density at radius 3 is 2.93 bits per heavy atom. The second-order valence-corrected chi connectivity index (χ2v) is 10.2. The first-order valence-electron chi connectivity index (χ1n) is 11.8. The smallest absolute Gasteiger partial charge is 0.199 e. The fourth-order valence-corrected chi connectivity index (χ4v) is 7.28. The predicted molar refractivity (Wildman–Crippen MR) is 115 cm³/mol. The van der Waals surface area contributed by atoms with Crippen LogP contribution in [-0.4, -0.2) is 24.6 Å². The molecular weight excluding hydrogens is 360 g/mol. The van der Waals surface area contributed by atoms with Gasteiger partial charge in [0.05, 0.1) is 13.2 Å². The third-order valence-electron chi connectivity index (χ3n) is 8.64. The van der Waals surface area contributed by atoms with Crippen LogP contribution in [0.15, 0.2) is 29.8 Å². The molecule has 1 N–H and O–H groups in total. The molecule has 0 bridgehead atoms. The summed E-state index contributed by atoms with van der Waals surface area (Å²) in [6.45, 7) is 5.96. The zero-order valence-electron chi connectivity index (χ0n) is 18.0. The summed E-state index contributed by atoms with van der Waals surface area (Å²) in [4.78, 5) is 0. The lowest BCUT2D eigenvalue weighted by Gasteiger charge is -2.52. The van der Waals surface area contributed by atoms with E-state index in [1.54, 1.807) is 5.56 Å². The number of ether oxygens (including phenoxy) is 2. The van der Waals surface area contributed by atoms with E-state index in [0.717, 1.165) is 43.5 Å². The Morgan fingerprint density at radius 2 is 2.14 bits per heavy atom. The fourth-order valence-electron chi connectivity index (χ4n) is 7.28. The molecule has 1 unspecified atom stereocenters. The van der Waals surface area contributed by atoms with Crippen LogP contribution in [0.25, 0.3) is 0 Å². The zero-order chi connectivity index (χ0) is 20.0. The maximum absolute atomic E-state index is 9.49. The van der Waals surface area contributed by atoms with Crippen molar-refractivity contribution in [2.75, 3.05) is 13.2 Å². The number of fused-ring (bicyclic) bond motifs is 5. The monoisotopic (exact) mass is 396 g/mol. The average Bonchev–Trinajstić information content (AvgIpc) is 3.05. The Hall–Kier alpha value is -1.32. The van der Waals surface area contributed by atoms with Crippen molar-refractivity contribution >= 4 is 0 Å². The number of rotatable bonds is 3. The van der Waals surface area contributed by atoms with Crippen LogP contribution in [0.5, 0.6) is 5.75 Å². The van der Waals surface area contributed by atoms with Gasteiger partial charge in [0.2, 0.25) is 0 Å². The highest BCUT2D eigenvalue weighted by Gasteiger charge is 2.54. The van der Waals surface area contributed by atoms with Crippen molar-refractivity contribution in [2.24, 2.45) is 23.2 Å². The molecule has 0 spiro atoms. The quantitative estimate of drug-likeness (QED) is 0.675. The van der Waals surface area contributed by atoms with E-state index in [4.69, 9.17) is 9.47 Å². The van der Waals surface area contributed by atoms with Gasteiger partial charge in [0.25, 0.3) is 0 Å². The number of hydrogen-bond donors (Lipinski definition) is 1. The highest BCUT2D eigenvalue weighted by molar-refractivity contribution is 5.42. The second-order valence-electron chi connectivity index (χ2n) is 10.2. The van der Waals surface area contributed by atoms with Gasteiger partial charge in [-0.3, -0.25) is 0 Å². The van der Waals surface area contributed by atoms with Crippen molar-refractivity contribution in [3.63, 3.8) is 0 Å². The highest BCUT2D eigenvalue weighted by atomic mass is 16.7. The second kappa shape index (κ2) is 7.74. The molecule has 2 saturated carbocycles. The van der Waals surface area contributed by atoms with E-state index < -0.39 is 0 Å². The molecule has 0 radical (unpaired) electrons. The Morgan fingerprint density at radius 1 is 1.24 bits per heavy atom. The molecule has 1 heterocycles. The lowest BCUT2D eigenvalue weighted by molar-refractivity contribution is -0.105. The Labute approximate surface area is 175 Å². The average molecular weight is 397 g/mol. The van der Waals surface area contributed by atoms with Crippen molar-refractivity contribution < 1.29 is 14.6 Å². The van der Waals surface area contributed by atoms with Crippen molar-refractivity contribution in [1.82, 2.24) is 0 Å². The summed E-state index contributed by atoms with van der Waals surface area (Å²) in [6, 6.07) is 6.85. The summed E-state index contributed by atoms with van der Waals surface area (Å²) < 4.78 is 11.9. The lowest BCUT2D eigenvalue weighted by atomic mass is 9.52. The summed E-state index contributed by atoms with van der Waals surface area (Å²) in [6.07, 6.45) is 11.5. The molecule has 3 heteroatoms. The number of aliphatic hydroxyl groups is 1. The molecule has 1 aliphatic heterocycles. The fraction of sp³-hybridized carbons (Fsp3) is 0.692. The van der Waals surface area contributed by atoms with Gasteiger partial charge in [-0.2, -0.15) is 0 Å². The van der Waals surface area contributed by atoms with Gasteiger partial charge in [0.15, 0.2) is 6.29 Å². The minimum atomic E-state index is -0.0684. The number of benzene rings is 1. The number of allylic oxidation sites excluding steroid dienone is 1. The van der Waals surface area contributed by atoms with E-state index in [1.807, 2.05) is 0 Å². The van der Waals surface area contributed by atoms with Gasteiger partial charge in [0, 0.05) is 6.42 Å². The molecule has 5 rings (SSSR count). The number of hydrogen-bond acceptors (Lipinski definition) is 3. The molecule has 1 saturated heterocycles. The van der Waals surface area contributed by atoms with Gasteiger partial charge in [0.1, 0.15) is 5.75 Å². The largest absolute Gasteiger partial charge is 0.465 e. The van der Waals surface area contributed by atoms with Crippen molar-refractivity contribution in [3.8, 4) is 5.75 Å². The maximum Gasteiger partial charge on any atom is 0.199 e. The molecule has 0 aromatic heterocycles. The van der Waals surface area contributed by atoms with Crippen molar-refractivity contribution in [1.29, 1.82) is 0 Å². The van der Waals surface area contributed by atoms with Gasteiger partial charge < -0.3 is 14.6 Å². The third-order valence-corrected chi connectivity index (χ3v) is 8.64. The van der Waals surface area contributed by atoms with Gasteiger partial charge in [-0.15, -0.1) is 0 Å². The van der Waals surface area contributed by atoms with E-state index in [0.29, 0.717) is 17.3 Å². The van der Waals surface area contributed by atoms with E-state index in [1.165, 1.54) is 43.2 Å². The molecule has 3 fully saturated rings. The number of aliphatic hydroxyl groups excluding tert-OH is 1. The van der Waals surface area contributed by atoms with Gasteiger partial charge in [-0.05, 0) is 97.3 Å². The first-order valence-corrected chi connectivity index (χ1v) is 11.8. The Balaban J connectivity index is 1.39. The van der Waals surface area contributed by atoms with Crippen LogP contribution in [-0.2, 0) is 11.2 Å². The summed E-state index contributed by atoms with van der Waals surface area (Å²) in [5.41, 5.74) is 4.90.